The van der Waals surface area contributed by atoms with Crippen molar-refractivity contribution in [2.24, 2.45) is 0 Å². The molecule has 1 aliphatic rings. The number of anilines is 1. The van der Waals surface area contributed by atoms with Crippen molar-refractivity contribution >= 4 is 22.9 Å². The van der Waals surface area contributed by atoms with E-state index in [0.29, 0.717) is 0 Å². The molecule has 0 saturated carbocycles. The molecule has 0 saturated heterocycles. The van der Waals surface area contributed by atoms with Crippen molar-refractivity contribution in [3.63, 3.8) is 0 Å². The molecule has 0 atom stereocenters. The predicted molar refractivity (Wildman–Crippen MR) is 57.8 cm³/mol. The molecule has 68 valence electrons. The fourth-order valence-electron chi connectivity index (χ4n) is 1.62. The van der Waals surface area contributed by atoms with Crippen LogP contribution in [0.5, 0.6) is 0 Å². The largest absolute Gasteiger partial charge is 0.346 e. The highest BCUT2D eigenvalue weighted by molar-refractivity contribution is 5.91. The monoisotopic (exact) mass is 183 g/mol. The van der Waals surface area contributed by atoms with E-state index in [-0.39, 0.29) is 0 Å². The van der Waals surface area contributed by atoms with E-state index < -0.39 is 0 Å². The van der Waals surface area contributed by atoms with Crippen molar-refractivity contribution in [3.05, 3.63) is 42.6 Å². The molecule has 14 heavy (non-hydrogen) atoms. The Bertz CT molecular complexity index is 534. The van der Waals surface area contributed by atoms with Crippen molar-refractivity contribution in [3.8, 4) is 0 Å². The van der Waals surface area contributed by atoms with Crippen LogP contribution in [0.1, 0.15) is 0 Å². The normalized spacial score (nSPS) is 13.7. The molecule has 0 amide bonds. The molecule has 1 aromatic carbocycles. The van der Waals surface area contributed by atoms with E-state index in [0.717, 1.165) is 16.7 Å². The van der Waals surface area contributed by atoms with Gasteiger partial charge in [0.05, 0.1) is 5.52 Å². The van der Waals surface area contributed by atoms with Gasteiger partial charge in [-0.15, -0.1) is 0 Å². The molecule has 0 spiro atoms. The van der Waals surface area contributed by atoms with Crippen LogP contribution in [-0.4, -0.2) is 9.78 Å². The Balaban J connectivity index is 2.37. The fourth-order valence-corrected chi connectivity index (χ4v) is 1.62. The van der Waals surface area contributed by atoms with Crippen molar-refractivity contribution in [1.82, 2.24) is 9.78 Å². The van der Waals surface area contributed by atoms with E-state index in [1.165, 1.54) is 0 Å². The first-order valence-electron chi connectivity index (χ1n) is 4.52. The van der Waals surface area contributed by atoms with E-state index in [1.807, 2.05) is 47.4 Å². The third-order valence-electron chi connectivity index (χ3n) is 2.26. The lowest BCUT2D eigenvalue weighted by Gasteiger charge is -1.99. The van der Waals surface area contributed by atoms with Gasteiger partial charge in [-0.2, -0.15) is 5.10 Å². The van der Waals surface area contributed by atoms with Gasteiger partial charge in [0, 0.05) is 17.8 Å². The summed E-state index contributed by atoms with van der Waals surface area (Å²) >= 11 is 0. The number of nitrogens with zero attached hydrogens (tertiary/aromatic N) is 2. The zero-order valence-electron chi connectivity index (χ0n) is 7.51. The van der Waals surface area contributed by atoms with Crippen molar-refractivity contribution in [2.75, 3.05) is 5.32 Å². The number of hydrogen-bond donors (Lipinski definition) is 1. The van der Waals surface area contributed by atoms with Crippen molar-refractivity contribution in [2.45, 2.75) is 0 Å². The smallest absolute Gasteiger partial charge is 0.140 e. The van der Waals surface area contributed by atoms with E-state index in [4.69, 9.17) is 0 Å². The van der Waals surface area contributed by atoms with Crippen molar-refractivity contribution in [1.29, 1.82) is 0 Å². The average molecular weight is 183 g/mol. The standard InChI is InChI=1S/C11H9N3/c1-2-6-10-9(5-1)11-12-7-3-4-8-14(11)13-10/h1-8,12H. The molecule has 2 aromatic rings. The maximum Gasteiger partial charge on any atom is 0.140 e. The summed E-state index contributed by atoms with van der Waals surface area (Å²) in [5.74, 6) is 1.02. The van der Waals surface area contributed by atoms with Gasteiger partial charge in [0.15, 0.2) is 0 Å². The van der Waals surface area contributed by atoms with Crippen LogP contribution in [0, 0.1) is 0 Å². The van der Waals surface area contributed by atoms with Crippen LogP contribution in [0.25, 0.3) is 17.1 Å². The highest BCUT2D eigenvalue weighted by Crippen LogP contribution is 2.24. The first-order chi connectivity index (χ1) is 6.95. The summed E-state index contributed by atoms with van der Waals surface area (Å²) < 4.78 is 1.85. The molecule has 0 radical (unpaired) electrons. The second-order valence-corrected chi connectivity index (χ2v) is 3.16. The van der Waals surface area contributed by atoms with Crippen LogP contribution in [0.3, 0.4) is 0 Å². The maximum absolute atomic E-state index is 4.44. The van der Waals surface area contributed by atoms with Gasteiger partial charge in [0.2, 0.25) is 0 Å². The minimum Gasteiger partial charge on any atom is -0.346 e. The maximum atomic E-state index is 4.44. The van der Waals surface area contributed by atoms with E-state index in [2.05, 4.69) is 16.5 Å². The first-order valence-corrected chi connectivity index (χ1v) is 4.52. The summed E-state index contributed by atoms with van der Waals surface area (Å²) in [6, 6.07) is 8.09. The Kier molecular flexibility index (Phi) is 1.44. The quantitative estimate of drug-likeness (QED) is 0.679. The molecule has 1 aromatic heterocycles. The lowest BCUT2D eigenvalue weighted by atomic mass is 10.2. The summed E-state index contributed by atoms with van der Waals surface area (Å²) in [4.78, 5) is 0. The van der Waals surface area contributed by atoms with Gasteiger partial charge in [-0.25, -0.2) is 4.68 Å². The summed E-state index contributed by atoms with van der Waals surface area (Å²) in [6.45, 7) is 0. The van der Waals surface area contributed by atoms with Crippen LogP contribution < -0.4 is 5.32 Å². The molecule has 3 heteroatoms. The predicted octanol–water partition coefficient (Wildman–Crippen LogP) is 2.45. The van der Waals surface area contributed by atoms with Gasteiger partial charge in [-0.1, -0.05) is 12.1 Å². The molecule has 1 N–H and O–H groups in total. The highest BCUT2D eigenvalue weighted by atomic mass is 15.3. The Morgan fingerprint density at radius 1 is 1.14 bits per heavy atom. The van der Waals surface area contributed by atoms with Crippen molar-refractivity contribution < 1.29 is 0 Å². The van der Waals surface area contributed by atoms with E-state index in [9.17, 15) is 0 Å². The molecule has 0 bridgehead atoms. The number of rotatable bonds is 0. The first kappa shape index (κ1) is 7.38. The lowest BCUT2D eigenvalue weighted by Crippen LogP contribution is -1.94. The van der Waals surface area contributed by atoms with Gasteiger partial charge >= 0.3 is 0 Å². The number of benzene rings is 1. The number of hydrogen-bond acceptors (Lipinski definition) is 2. The fraction of sp³-hybridized carbons (Fsp3) is 0. The molecule has 0 unspecified atom stereocenters. The molecule has 0 aliphatic carbocycles. The molecule has 1 aliphatic heterocycles. The molecule has 0 fully saturated rings. The lowest BCUT2D eigenvalue weighted by molar-refractivity contribution is 0.963. The molecule has 2 heterocycles. The minimum absolute atomic E-state index is 1.01. The summed E-state index contributed by atoms with van der Waals surface area (Å²) in [6.07, 6.45) is 7.74. The molecule has 3 nitrogen and oxygen atoms in total. The van der Waals surface area contributed by atoms with Gasteiger partial charge in [0.25, 0.3) is 0 Å². The second-order valence-electron chi connectivity index (χ2n) is 3.16. The average Bonchev–Trinajstić information content (AvgIpc) is 2.42. The number of nitrogens with one attached hydrogen (secondary N) is 1. The highest BCUT2D eigenvalue weighted by Gasteiger charge is 2.07. The summed E-state index contributed by atoms with van der Waals surface area (Å²) in [5.41, 5.74) is 1.01. The van der Waals surface area contributed by atoms with Crippen LogP contribution >= 0.6 is 0 Å². The molecular formula is C11H9N3. The Morgan fingerprint density at radius 3 is 3.07 bits per heavy atom. The zero-order valence-corrected chi connectivity index (χ0v) is 7.51. The van der Waals surface area contributed by atoms with Gasteiger partial charge < -0.3 is 5.32 Å². The second kappa shape index (κ2) is 2.73. The number of allylic oxidation sites excluding steroid dienone is 2. The Morgan fingerprint density at radius 2 is 2.07 bits per heavy atom. The topological polar surface area (TPSA) is 29.9 Å². The van der Waals surface area contributed by atoms with Crippen LogP contribution in [-0.2, 0) is 0 Å². The van der Waals surface area contributed by atoms with Crippen LogP contribution in [0.4, 0.5) is 5.82 Å². The van der Waals surface area contributed by atoms with Gasteiger partial charge in [0.1, 0.15) is 5.82 Å². The van der Waals surface area contributed by atoms with E-state index in [1.54, 1.807) is 0 Å². The number of aromatic nitrogens is 2. The Labute approximate surface area is 81.3 Å². The van der Waals surface area contributed by atoms with Crippen LogP contribution in [0.2, 0.25) is 0 Å². The van der Waals surface area contributed by atoms with Gasteiger partial charge in [-0.3, -0.25) is 0 Å². The zero-order chi connectivity index (χ0) is 9.38. The molecular weight excluding hydrogens is 174 g/mol. The third-order valence-corrected chi connectivity index (χ3v) is 2.26. The molecule has 3 rings (SSSR count). The third kappa shape index (κ3) is 0.956. The number of fused-ring (bicyclic) bond motifs is 3. The van der Waals surface area contributed by atoms with Crippen LogP contribution in [0.15, 0.2) is 42.6 Å². The van der Waals surface area contributed by atoms with Gasteiger partial charge in [-0.05, 0) is 24.3 Å². The SMILES string of the molecule is C1=CNc2c3ccccc3nn2C=C1. The minimum atomic E-state index is 1.01. The Hall–Kier alpha value is -2.03. The summed E-state index contributed by atoms with van der Waals surface area (Å²) in [7, 11) is 0. The summed E-state index contributed by atoms with van der Waals surface area (Å²) in [5, 5.41) is 8.79. The van der Waals surface area contributed by atoms with E-state index >= 15 is 0 Å².